The molecule has 9 heteroatoms. The lowest BCUT2D eigenvalue weighted by Gasteiger charge is -2.11. The molecule has 0 aliphatic rings. The van der Waals surface area contributed by atoms with Crippen molar-refractivity contribution in [3.63, 3.8) is 0 Å². The Morgan fingerprint density at radius 3 is 2.11 bits per heavy atom. The predicted molar refractivity (Wildman–Crippen MR) is 132 cm³/mol. The highest BCUT2D eigenvalue weighted by atomic mass is 32.2. The van der Waals surface area contributed by atoms with Crippen molar-refractivity contribution in [1.82, 2.24) is 10.0 Å². The predicted octanol–water partition coefficient (Wildman–Crippen LogP) is 3.36. The van der Waals surface area contributed by atoms with Crippen molar-refractivity contribution in [2.24, 2.45) is 0 Å². The Morgan fingerprint density at radius 2 is 1.51 bits per heavy atom. The van der Waals surface area contributed by atoms with Crippen LogP contribution in [0.2, 0.25) is 0 Å². The number of hydrogen-bond acceptors (Lipinski definition) is 6. The molecule has 3 aromatic rings. The standard InChI is InChI=1S/C26H28N2O6S/c1-18(29)20-9-12-24(13-10-20)35(31,32)28-17-19-4-6-22(7-5-19)26(30)27-15-14-21-8-11-23(33-2)16-25(21)34-3/h4-13,16,28H,14-15,17H2,1-3H3,(H,27,30). The van der Waals surface area contributed by atoms with Crippen molar-refractivity contribution in [3.05, 3.63) is 89.0 Å². The third kappa shape index (κ3) is 6.91. The molecule has 0 unspecified atom stereocenters. The second kappa shape index (κ2) is 11.6. The van der Waals surface area contributed by atoms with E-state index in [1.165, 1.54) is 31.2 Å². The fraction of sp³-hybridized carbons (Fsp3) is 0.231. The molecule has 0 fully saturated rings. The zero-order chi connectivity index (χ0) is 25.4. The topological polar surface area (TPSA) is 111 Å². The summed E-state index contributed by atoms with van der Waals surface area (Å²) >= 11 is 0. The number of carbonyl (C=O) groups is 2. The van der Waals surface area contributed by atoms with Gasteiger partial charge in [-0.05, 0) is 54.8 Å². The van der Waals surface area contributed by atoms with Crippen molar-refractivity contribution >= 4 is 21.7 Å². The molecule has 1 amide bonds. The zero-order valence-corrected chi connectivity index (χ0v) is 20.6. The fourth-order valence-electron chi connectivity index (χ4n) is 3.38. The van der Waals surface area contributed by atoms with Crippen LogP contribution in [0.25, 0.3) is 0 Å². The summed E-state index contributed by atoms with van der Waals surface area (Å²) in [4.78, 5) is 23.9. The van der Waals surface area contributed by atoms with E-state index in [0.717, 1.165) is 5.56 Å². The van der Waals surface area contributed by atoms with Gasteiger partial charge >= 0.3 is 0 Å². The summed E-state index contributed by atoms with van der Waals surface area (Å²) in [6, 6.07) is 18.0. The smallest absolute Gasteiger partial charge is 0.251 e. The number of sulfonamides is 1. The molecular formula is C26H28N2O6S. The van der Waals surface area contributed by atoms with Gasteiger partial charge in [-0.2, -0.15) is 0 Å². The molecule has 0 spiro atoms. The molecular weight excluding hydrogens is 468 g/mol. The van der Waals surface area contributed by atoms with Gasteiger partial charge in [-0.3, -0.25) is 9.59 Å². The Hall–Kier alpha value is -3.69. The molecule has 0 aliphatic heterocycles. The molecule has 0 atom stereocenters. The van der Waals surface area contributed by atoms with Crippen LogP contribution in [0.15, 0.2) is 71.6 Å². The molecule has 3 aromatic carbocycles. The highest BCUT2D eigenvalue weighted by molar-refractivity contribution is 7.89. The van der Waals surface area contributed by atoms with Gasteiger partial charge in [0, 0.05) is 30.3 Å². The number of methoxy groups -OCH3 is 2. The maximum Gasteiger partial charge on any atom is 0.251 e. The first kappa shape index (κ1) is 25.9. The van der Waals surface area contributed by atoms with Crippen molar-refractivity contribution in [3.8, 4) is 11.5 Å². The van der Waals surface area contributed by atoms with E-state index in [2.05, 4.69) is 10.0 Å². The van der Waals surface area contributed by atoms with Crippen molar-refractivity contribution in [2.45, 2.75) is 24.8 Å². The molecule has 184 valence electrons. The molecule has 0 aliphatic carbocycles. The second-order valence-electron chi connectivity index (χ2n) is 7.79. The van der Waals surface area contributed by atoms with E-state index >= 15 is 0 Å². The number of Topliss-reactive ketones (excluding diaryl/α,β-unsaturated/α-hetero) is 1. The number of amides is 1. The maximum atomic E-state index is 12.5. The third-order valence-electron chi connectivity index (χ3n) is 5.43. The van der Waals surface area contributed by atoms with Crippen LogP contribution in [0, 0.1) is 0 Å². The fourth-order valence-corrected chi connectivity index (χ4v) is 4.39. The van der Waals surface area contributed by atoms with Crippen LogP contribution in [-0.4, -0.2) is 40.9 Å². The first-order chi connectivity index (χ1) is 16.7. The van der Waals surface area contributed by atoms with Crippen LogP contribution in [-0.2, 0) is 23.0 Å². The largest absolute Gasteiger partial charge is 0.497 e. The highest BCUT2D eigenvalue weighted by Crippen LogP contribution is 2.24. The minimum Gasteiger partial charge on any atom is -0.497 e. The zero-order valence-electron chi connectivity index (χ0n) is 19.8. The van der Waals surface area contributed by atoms with E-state index in [-0.39, 0.29) is 23.1 Å². The number of hydrogen-bond donors (Lipinski definition) is 2. The number of ketones is 1. The minimum absolute atomic E-state index is 0.0654. The van der Waals surface area contributed by atoms with E-state index in [9.17, 15) is 18.0 Å². The van der Waals surface area contributed by atoms with Gasteiger partial charge in [0.1, 0.15) is 11.5 Å². The summed E-state index contributed by atoms with van der Waals surface area (Å²) in [6.45, 7) is 1.91. The molecule has 0 saturated heterocycles. The third-order valence-corrected chi connectivity index (χ3v) is 6.84. The van der Waals surface area contributed by atoms with Gasteiger partial charge in [0.05, 0.1) is 19.1 Å². The lowest BCUT2D eigenvalue weighted by molar-refractivity contribution is 0.0953. The Bertz CT molecular complexity index is 1290. The van der Waals surface area contributed by atoms with Crippen LogP contribution >= 0.6 is 0 Å². The van der Waals surface area contributed by atoms with E-state index < -0.39 is 10.0 Å². The molecule has 8 nitrogen and oxygen atoms in total. The van der Waals surface area contributed by atoms with Crippen molar-refractivity contribution in [2.75, 3.05) is 20.8 Å². The van der Waals surface area contributed by atoms with Gasteiger partial charge in [0.15, 0.2) is 5.78 Å². The Labute approximate surface area is 205 Å². The molecule has 0 heterocycles. The Kier molecular flexibility index (Phi) is 8.62. The number of ether oxygens (including phenoxy) is 2. The monoisotopic (exact) mass is 496 g/mol. The highest BCUT2D eigenvalue weighted by Gasteiger charge is 2.14. The van der Waals surface area contributed by atoms with E-state index in [4.69, 9.17) is 9.47 Å². The molecule has 0 aromatic heterocycles. The van der Waals surface area contributed by atoms with Gasteiger partial charge < -0.3 is 14.8 Å². The SMILES string of the molecule is COc1ccc(CCNC(=O)c2ccc(CNS(=O)(=O)c3ccc(C(C)=O)cc3)cc2)c(OC)c1. The van der Waals surface area contributed by atoms with Gasteiger partial charge in [0.25, 0.3) is 5.91 Å². The molecule has 2 N–H and O–H groups in total. The number of rotatable bonds is 11. The number of nitrogens with one attached hydrogen (secondary N) is 2. The first-order valence-corrected chi connectivity index (χ1v) is 12.4. The van der Waals surface area contributed by atoms with Gasteiger partial charge in [-0.15, -0.1) is 0 Å². The van der Waals surface area contributed by atoms with E-state index in [1.807, 2.05) is 12.1 Å². The molecule has 35 heavy (non-hydrogen) atoms. The molecule has 0 saturated carbocycles. The maximum absolute atomic E-state index is 12.5. The van der Waals surface area contributed by atoms with Crippen LogP contribution < -0.4 is 19.5 Å². The number of benzene rings is 3. The normalized spacial score (nSPS) is 11.1. The second-order valence-corrected chi connectivity index (χ2v) is 9.55. The van der Waals surface area contributed by atoms with Crippen LogP contribution in [0.5, 0.6) is 11.5 Å². The summed E-state index contributed by atoms with van der Waals surface area (Å²) in [5, 5.41) is 2.88. The van der Waals surface area contributed by atoms with Gasteiger partial charge in [-0.25, -0.2) is 13.1 Å². The Balaban J connectivity index is 1.53. The summed E-state index contributed by atoms with van der Waals surface area (Å²) in [6.07, 6.45) is 0.589. The van der Waals surface area contributed by atoms with Crippen molar-refractivity contribution in [1.29, 1.82) is 0 Å². The van der Waals surface area contributed by atoms with Crippen LogP contribution in [0.3, 0.4) is 0 Å². The summed E-state index contributed by atoms with van der Waals surface area (Å²) < 4.78 is 38.1. The lowest BCUT2D eigenvalue weighted by atomic mass is 10.1. The van der Waals surface area contributed by atoms with Crippen LogP contribution in [0.4, 0.5) is 0 Å². The quantitative estimate of drug-likeness (QED) is 0.394. The molecule has 0 bridgehead atoms. The minimum atomic E-state index is -3.73. The first-order valence-electron chi connectivity index (χ1n) is 10.9. The number of carbonyl (C=O) groups excluding carboxylic acids is 2. The van der Waals surface area contributed by atoms with Gasteiger partial charge in [0.2, 0.25) is 10.0 Å². The summed E-state index contributed by atoms with van der Waals surface area (Å²) in [7, 11) is -0.561. The summed E-state index contributed by atoms with van der Waals surface area (Å²) in [5.74, 6) is 1.03. The molecule has 3 rings (SSSR count). The lowest BCUT2D eigenvalue weighted by Crippen LogP contribution is -2.26. The average molecular weight is 497 g/mol. The average Bonchev–Trinajstić information content (AvgIpc) is 2.87. The Morgan fingerprint density at radius 1 is 0.857 bits per heavy atom. The van der Waals surface area contributed by atoms with E-state index in [1.54, 1.807) is 44.6 Å². The van der Waals surface area contributed by atoms with Crippen molar-refractivity contribution < 1.29 is 27.5 Å². The molecule has 0 radical (unpaired) electrons. The van der Waals surface area contributed by atoms with E-state index in [0.29, 0.717) is 41.2 Å². The summed E-state index contributed by atoms with van der Waals surface area (Å²) in [5.41, 5.74) is 2.57. The van der Waals surface area contributed by atoms with Crippen LogP contribution in [0.1, 0.15) is 38.8 Å². The van der Waals surface area contributed by atoms with Gasteiger partial charge in [-0.1, -0.05) is 30.3 Å².